The summed E-state index contributed by atoms with van der Waals surface area (Å²) in [7, 11) is 0. The first-order valence-corrected chi connectivity index (χ1v) is 12.8. The molecule has 8 nitrogen and oxygen atoms in total. The molecule has 0 aromatic heterocycles. The fourth-order valence-corrected chi connectivity index (χ4v) is 4.65. The van der Waals surface area contributed by atoms with Gasteiger partial charge in [-0.1, -0.05) is 36.4 Å². The van der Waals surface area contributed by atoms with Gasteiger partial charge in [0.05, 0.1) is 0 Å². The third-order valence-corrected chi connectivity index (χ3v) is 6.42. The van der Waals surface area contributed by atoms with Gasteiger partial charge in [-0.15, -0.1) is 23.2 Å². The second kappa shape index (κ2) is 14.5. The molecule has 0 amide bonds. The highest BCUT2D eigenvalue weighted by Gasteiger charge is 2.29. The van der Waals surface area contributed by atoms with E-state index in [1.165, 1.54) is 33.4 Å². The number of aryl methyl sites for hydroxylation is 2. The van der Waals surface area contributed by atoms with E-state index in [0.29, 0.717) is 23.8 Å². The molecule has 4 atom stereocenters. The molecular weight excluding hydrogens is 507 g/mol. The Labute approximate surface area is 220 Å². The number of aliphatic hydroxyl groups excluding tert-OH is 2. The lowest BCUT2D eigenvalue weighted by Crippen LogP contribution is -2.39. The number of alkyl halides is 2. The molecule has 10 heteroatoms. The van der Waals surface area contributed by atoms with Crippen molar-refractivity contribution >= 4 is 35.1 Å². The van der Waals surface area contributed by atoms with Gasteiger partial charge in [-0.05, 0) is 71.9 Å². The third-order valence-electron chi connectivity index (χ3n) is 6.04. The molecule has 198 valence electrons. The highest BCUT2D eigenvalue weighted by atomic mass is 35.5. The van der Waals surface area contributed by atoms with Crippen LogP contribution in [-0.4, -0.2) is 68.4 Å². The van der Waals surface area contributed by atoms with Crippen LogP contribution in [0, 0.1) is 0 Å². The first kappa shape index (κ1) is 30.0. The predicted octanol–water partition coefficient (Wildman–Crippen LogP) is 1.66. The zero-order valence-electron chi connectivity index (χ0n) is 19.9. The minimum atomic E-state index is -2.27. The topological polar surface area (TPSA) is 167 Å². The molecule has 8 N–H and O–H groups in total. The Morgan fingerprint density at radius 2 is 1.06 bits per heavy atom. The van der Waals surface area contributed by atoms with Gasteiger partial charge in [-0.3, -0.25) is 0 Å². The number of nitrogens with two attached hydrogens (primary N) is 2. The van der Waals surface area contributed by atoms with Gasteiger partial charge in [0.15, 0.2) is 12.2 Å². The molecule has 0 spiro atoms. The Balaban J connectivity index is 0.000000193. The summed E-state index contributed by atoms with van der Waals surface area (Å²) in [5.74, 6) is -2.14. The molecule has 2 aromatic rings. The molecule has 2 aliphatic rings. The number of hydrogen-bond donors (Lipinski definition) is 6. The molecule has 0 fully saturated rings. The lowest BCUT2D eigenvalue weighted by molar-refractivity contribution is -0.165. The maximum Gasteiger partial charge on any atom is 0.335 e. The first-order valence-electron chi connectivity index (χ1n) is 11.7. The minimum Gasteiger partial charge on any atom is -0.479 e. The molecule has 0 radical (unpaired) electrons. The maximum absolute atomic E-state index is 9.77. The summed E-state index contributed by atoms with van der Waals surface area (Å²) in [5, 5.41) is 32.5. The standard InChI is InChI=1S/2C11H14ClN.C4H6O6/c2*12-4-3-8-1-2-9-6-11(13)7-10(9)5-8;5-1(3(7)8)2(6)4(9)10/h2*1-2,5,11H,3-4,6-7,13H2;1-2,5-6H,(H,7,8)(H,9,10). The maximum atomic E-state index is 9.77. The quantitative estimate of drug-likeness (QED) is 0.288. The summed E-state index contributed by atoms with van der Waals surface area (Å²) >= 11 is 11.4. The smallest absolute Gasteiger partial charge is 0.335 e. The number of fused-ring (bicyclic) bond motifs is 2. The van der Waals surface area contributed by atoms with Crippen LogP contribution in [0.15, 0.2) is 36.4 Å². The summed E-state index contributed by atoms with van der Waals surface area (Å²) in [4.78, 5) is 19.5. The van der Waals surface area contributed by atoms with Crippen molar-refractivity contribution in [1.82, 2.24) is 0 Å². The molecule has 0 saturated heterocycles. The van der Waals surface area contributed by atoms with Crippen LogP contribution in [0.2, 0.25) is 0 Å². The van der Waals surface area contributed by atoms with E-state index in [1.54, 1.807) is 0 Å². The van der Waals surface area contributed by atoms with Crippen molar-refractivity contribution in [2.45, 2.75) is 62.8 Å². The van der Waals surface area contributed by atoms with Crippen molar-refractivity contribution in [2.75, 3.05) is 11.8 Å². The fraction of sp³-hybridized carbons (Fsp3) is 0.462. The first-order chi connectivity index (χ1) is 17.0. The lowest BCUT2D eigenvalue weighted by atomic mass is 10.1. The third kappa shape index (κ3) is 9.03. The van der Waals surface area contributed by atoms with Crippen molar-refractivity contribution in [3.05, 3.63) is 69.8 Å². The Morgan fingerprint density at radius 3 is 1.36 bits per heavy atom. The van der Waals surface area contributed by atoms with Gasteiger partial charge in [-0.25, -0.2) is 9.59 Å². The molecule has 0 aliphatic heterocycles. The summed E-state index contributed by atoms with van der Waals surface area (Å²) in [6, 6.07) is 13.9. The van der Waals surface area contributed by atoms with Crippen LogP contribution >= 0.6 is 23.2 Å². The molecule has 4 rings (SSSR count). The highest BCUT2D eigenvalue weighted by Crippen LogP contribution is 2.23. The van der Waals surface area contributed by atoms with E-state index < -0.39 is 24.1 Å². The monoisotopic (exact) mass is 540 g/mol. The van der Waals surface area contributed by atoms with Crippen LogP contribution in [0.1, 0.15) is 33.4 Å². The van der Waals surface area contributed by atoms with Gasteiger partial charge in [0.25, 0.3) is 0 Å². The summed E-state index contributed by atoms with van der Waals surface area (Å²) in [5.41, 5.74) is 20.1. The number of hydrogen-bond acceptors (Lipinski definition) is 6. The van der Waals surface area contributed by atoms with E-state index in [9.17, 15) is 9.59 Å². The number of carboxylic acid groups (broad SMARTS) is 2. The normalized spacial score (nSPS) is 19.1. The second-order valence-corrected chi connectivity index (χ2v) is 9.74. The van der Waals surface area contributed by atoms with Gasteiger partial charge in [0, 0.05) is 23.8 Å². The van der Waals surface area contributed by atoms with Crippen LogP contribution in [0.25, 0.3) is 0 Å². The Morgan fingerprint density at radius 1 is 0.722 bits per heavy atom. The summed E-state index contributed by atoms with van der Waals surface area (Å²) in [6.07, 6.45) is 1.54. The summed E-state index contributed by atoms with van der Waals surface area (Å²) < 4.78 is 0. The van der Waals surface area contributed by atoms with Crippen LogP contribution in [-0.2, 0) is 48.1 Å². The zero-order valence-corrected chi connectivity index (χ0v) is 21.5. The minimum absolute atomic E-state index is 0.334. The molecule has 2 aromatic carbocycles. The van der Waals surface area contributed by atoms with E-state index in [-0.39, 0.29) is 0 Å². The molecular formula is C26H34Cl2N2O6. The Hall–Kier alpha value is -2.20. The van der Waals surface area contributed by atoms with E-state index in [1.807, 2.05) is 0 Å². The van der Waals surface area contributed by atoms with E-state index in [4.69, 9.17) is 55.1 Å². The zero-order chi connectivity index (χ0) is 26.8. The van der Waals surface area contributed by atoms with Crippen LogP contribution in [0.4, 0.5) is 0 Å². The molecule has 0 heterocycles. The number of carboxylic acids is 2. The second-order valence-electron chi connectivity index (χ2n) is 8.99. The number of aliphatic carboxylic acids is 2. The highest BCUT2D eigenvalue weighted by molar-refractivity contribution is 6.18. The largest absolute Gasteiger partial charge is 0.479 e. The Kier molecular flexibility index (Phi) is 12.1. The molecule has 0 saturated carbocycles. The van der Waals surface area contributed by atoms with Crippen molar-refractivity contribution < 1.29 is 30.0 Å². The average molecular weight is 541 g/mol. The molecule has 2 aliphatic carbocycles. The van der Waals surface area contributed by atoms with Crippen LogP contribution in [0.3, 0.4) is 0 Å². The van der Waals surface area contributed by atoms with Crippen molar-refractivity contribution in [3.8, 4) is 0 Å². The summed E-state index contributed by atoms with van der Waals surface area (Å²) in [6.45, 7) is 0. The molecule has 0 bridgehead atoms. The van der Waals surface area contributed by atoms with Gasteiger partial charge in [-0.2, -0.15) is 0 Å². The molecule has 4 unspecified atom stereocenters. The van der Waals surface area contributed by atoms with Crippen LogP contribution in [0.5, 0.6) is 0 Å². The Bertz CT molecular complexity index is 954. The van der Waals surface area contributed by atoms with Gasteiger partial charge in [0.2, 0.25) is 0 Å². The van der Waals surface area contributed by atoms with Gasteiger partial charge in [0.1, 0.15) is 0 Å². The number of carbonyl (C=O) groups is 2. The van der Waals surface area contributed by atoms with E-state index >= 15 is 0 Å². The van der Waals surface area contributed by atoms with E-state index in [2.05, 4.69) is 36.4 Å². The lowest BCUT2D eigenvalue weighted by Gasteiger charge is -2.07. The molecule has 36 heavy (non-hydrogen) atoms. The number of halogens is 2. The van der Waals surface area contributed by atoms with Gasteiger partial charge < -0.3 is 31.9 Å². The SMILES string of the molecule is NC1Cc2ccc(CCCl)cc2C1.NC1Cc2ccc(CCCl)cc2C1.O=C(O)C(O)C(O)C(=O)O. The fourth-order valence-electron chi connectivity index (χ4n) is 4.21. The van der Waals surface area contributed by atoms with Crippen LogP contribution < -0.4 is 11.5 Å². The average Bonchev–Trinajstić information content (AvgIpc) is 3.38. The van der Waals surface area contributed by atoms with Crippen molar-refractivity contribution in [3.63, 3.8) is 0 Å². The van der Waals surface area contributed by atoms with Gasteiger partial charge >= 0.3 is 11.9 Å². The van der Waals surface area contributed by atoms with Crippen molar-refractivity contribution in [2.24, 2.45) is 11.5 Å². The van der Waals surface area contributed by atoms with Crippen molar-refractivity contribution in [1.29, 1.82) is 0 Å². The number of aliphatic hydroxyl groups is 2. The van der Waals surface area contributed by atoms with E-state index in [0.717, 1.165) is 38.5 Å². The predicted molar refractivity (Wildman–Crippen MR) is 140 cm³/mol. The number of rotatable bonds is 7. The number of benzene rings is 2.